The first-order valence-electron chi connectivity index (χ1n) is 5.14. The molecular weight excluding hydrogens is 194 g/mol. The maximum Gasteiger partial charge on any atom is 0.256 e. The maximum absolute atomic E-state index is 11.9. The van der Waals surface area contributed by atoms with Crippen molar-refractivity contribution in [3.63, 3.8) is 0 Å². The molecule has 0 amide bonds. The molecule has 82 valence electrons. The van der Waals surface area contributed by atoms with Gasteiger partial charge in [0.25, 0.3) is 5.56 Å². The number of aromatic nitrogens is 2. The summed E-state index contributed by atoms with van der Waals surface area (Å²) in [5.41, 5.74) is 1.62. The third-order valence-electron chi connectivity index (χ3n) is 2.53. The number of rotatable bonds is 2. The van der Waals surface area contributed by atoms with Crippen molar-refractivity contribution in [3.8, 4) is 0 Å². The highest BCUT2D eigenvalue weighted by Gasteiger charge is 2.15. The van der Waals surface area contributed by atoms with E-state index in [1.165, 1.54) is 10.9 Å². The van der Waals surface area contributed by atoms with Crippen LogP contribution in [0.4, 0.5) is 0 Å². The summed E-state index contributed by atoms with van der Waals surface area (Å²) in [5.74, 6) is 0. The topological polar surface area (TPSA) is 67.1 Å². The van der Waals surface area contributed by atoms with Gasteiger partial charge in [0.2, 0.25) is 0 Å². The van der Waals surface area contributed by atoms with E-state index in [4.69, 9.17) is 0 Å². The van der Waals surface area contributed by atoms with Crippen molar-refractivity contribution < 1.29 is 5.11 Å². The summed E-state index contributed by atoms with van der Waals surface area (Å²) < 4.78 is 1.48. The van der Waals surface area contributed by atoms with Crippen molar-refractivity contribution in [3.05, 3.63) is 27.9 Å². The first-order valence-corrected chi connectivity index (χ1v) is 5.14. The van der Waals surface area contributed by atoms with Gasteiger partial charge in [0.1, 0.15) is 0 Å². The van der Waals surface area contributed by atoms with Crippen molar-refractivity contribution in [2.24, 2.45) is 0 Å². The minimum atomic E-state index is -0.524. The van der Waals surface area contributed by atoms with Crippen LogP contribution in [0.3, 0.4) is 0 Å². The van der Waals surface area contributed by atoms with E-state index in [2.05, 4.69) is 10.3 Å². The number of nitrogens with one attached hydrogen (secondary N) is 1. The van der Waals surface area contributed by atoms with E-state index in [0.29, 0.717) is 13.1 Å². The van der Waals surface area contributed by atoms with E-state index in [1.54, 1.807) is 6.92 Å². The quantitative estimate of drug-likeness (QED) is 0.674. The lowest BCUT2D eigenvalue weighted by Crippen LogP contribution is -2.35. The minimum Gasteiger partial charge on any atom is -0.392 e. The van der Waals surface area contributed by atoms with Crippen LogP contribution in [0.1, 0.15) is 18.2 Å². The van der Waals surface area contributed by atoms with E-state index >= 15 is 0 Å². The fourth-order valence-electron chi connectivity index (χ4n) is 1.80. The van der Waals surface area contributed by atoms with Crippen LogP contribution in [0.2, 0.25) is 0 Å². The molecule has 0 bridgehead atoms. The van der Waals surface area contributed by atoms with Gasteiger partial charge in [0.15, 0.2) is 0 Å². The molecular formula is C10H15N3O2. The Morgan fingerprint density at radius 2 is 2.53 bits per heavy atom. The second-order valence-corrected chi connectivity index (χ2v) is 3.90. The molecule has 15 heavy (non-hydrogen) atoms. The fraction of sp³-hybridized carbons (Fsp3) is 0.600. The number of nitrogens with zero attached hydrogens (tertiary/aromatic N) is 2. The van der Waals surface area contributed by atoms with Crippen LogP contribution in [0.25, 0.3) is 0 Å². The highest BCUT2D eigenvalue weighted by atomic mass is 16.3. The van der Waals surface area contributed by atoms with E-state index in [-0.39, 0.29) is 5.56 Å². The number of fused-ring (bicyclic) bond motifs is 1. The van der Waals surface area contributed by atoms with Crippen molar-refractivity contribution in [2.45, 2.75) is 32.5 Å². The zero-order valence-corrected chi connectivity index (χ0v) is 8.73. The molecule has 0 fully saturated rings. The molecule has 1 aromatic rings. The van der Waals surface area contributed by atoms with Crippen LogP contribution in [0.5, 0.6) is 0 Å². The normalized spacial score (nSPS) is 17.2. The van der Waals surface area contributed by atoms with Crippen molar-refractivity contribution in [2.75, 3.05) is 6.54 Å². The summed E-state index contributed by atoms with van der Waals surface area (Å²) in [6.07, 6.45) is 1.71. The minimum absolute atomic E-state index is 0.0117. The van der Waals surface area contributed by atoms with Gasteiger partial charge in [0.05, 0.1) is 24.7 Å². The molecule has 2 N–H and O–H groups in total. The van der Waals surface area contributed by atoms with Crippen LogP contribution in [0.15, 0.2) is 11.1 Å². The molecule has 5 nitrogen and oxygen atoms in total. The van der Waals surface area contributed by atoms with Crippen LogP contribution in [-0.2, 0) is 19.5 Å². The molecule has 1 aromatic heterocycles. The Labute approximate surface area is 87.8 Å². The highest BCUT2D eigenvalue weighted by molar-refractivity contribution is 5.19. The number of hydrogen-bond acceptors (Lipinski definition) is 4. The lowest BCUT2D eigenvalue weighted by molar-refractivity contribution is 0.171. The van der Waals surface area contributed by atoms with Gasteiger partial charge in [-0.05, 0) is 19.9 Å². The molecule has 2 heterocycles. The zero-order valence-electron chi connectivity index (χ0n) is 8.73. The standard InChI is InChI=1S/C10H15N3O2/c1-7(14)5-13-6-12-9-4-11-3-2-8(9)10(13)15/h6-7,11,14H,2-5H2,1H3. The molecule has 1 unspecified atom stereocenters. The van der Waals surface area contributed by atoms with Gasteiger partial charge in [0, 0.05) is 12.1 Å². The predicted molar refractivity (Wildman–Crippen MR) is 55.6 cm³/mol. The summed E-state index contributed by atoms with van der Waals surface area (Å²) in [7, 11) is 0. The zero-order chi connectivity index (χ0) is 10.8. The monoisotopic (exact) mass is 209 g/mol. The third kappa shape index (κ3) is 2.08. The van der Waals surface area contributed by atoms with Crippen LogP contribution < -0.4 is 10.9 Å². The molecule has 1 atom stereocenters. The Bertz CT molecular complexity index is 412. The Balaban J connectivity index is 2.39. The smallest absolute Gasteiger partial charge is 0.256 e. The average Bonchev–Trinajstić information content (AvgIpc) is 2.22. The first-order chi connectivity index (χ1) is 7.18. The predicted octanol–water partition coefficient (Wildman–Crippen LogP) is -0.730. The summed E-state index contributed by atoms with van der Waals surface area (Å²) >= 11 is 0. The molecule has 5 heteroatoms. The molecule has 0 saturated carbocycles. The van der Waals surface area contributed by atoms with Crippen LogP contribution in [-0.4, -0.2) is 27.3 Å². The van der Waals surface area contributed by atoms with Gasteiger partial charge in [-0.3, -0.25) is 9.36 Å². The Hall–Kier alpha value is -1.20. The molecule has 0 spiro atoms. The Kier molecular flexibility index (Phi) is 2.83. The van der Waals surface area contributed by atoms with Crippen LogP contribution in [0, 0.1) is 0 Å². The van der Waals surface area contributed by atoms with E-state index in [0.717, 1.165) is 24.2 Å². The largest absolute Gasteiger partial charge is 0.392 e. The highest BCUT2D eigenvalue weighted by Crippen LogP contribution is 2.05. The third-order valence-corrected chi connectivity index (χ3v) is 2.53. The molecule has 2 rings (SSSR count). The SMILES string of the molecule is CC(O)Cn1cnc2c(c1=O)CCNC2. The number of hydrogen-bond donors (Lipinski definition) is 2. The van der Waals surface area contributed by atoms with E-state index < -0.39 is 6.10 Å². The van der Waals surface area contributed by atoms with Crippen LogP contribution >= 0.6 is 0 Å². The van der Waals surface area contributed by atoms with Gasteiger partial charge in [-0.25, -0.2) is 4.98 Å². The fourth-order valence-corrected chi connectivity index (χ4v) is 1.80. The number of aliphatic hydroxyl groups is 1. The van der Waals surface area contributed by atoms with Crippen molar-refractivity contribution in [1.29, 1.82) is 0 Å². The van der Waals surface area contributed by atoms with E-state index in [9.17, 15) is 9.90 Å². The molecule has 0 saturated heterocycles. The van der Waals surface area contributed by atoms with Crippen molar-refractivity contribution >= 4 is 0 Å². The van der Waals surface area contributed by atoms with E-state index in [1.807, 2.05) is 0 Å². The lowest BCUT2D eigenvalue weighted by atomic mass is 10.1. The molecule has 0 radical (unpaired) electrons. The molecule has 0 aromatic carbocycles. The molecule has 1 aliphatic rings. The van der Waals surface area contributed by atoms with Gasteiger partial charge in [-0.15, -0.1) is 0 Å². The Morgan fingerprint density at radius 3 is 3.27 bits per heavy atom. The average molecular weight is 209 g/mol. The second-order valence-electron chi connectivity index (χ2n) is 3.90. The van der Waals surface area contributed by atoms with Gasteiger partial charge >= 0.3 is 0 Å². The summed E-state index contributed by atoms with van der Waals surface area (Å²) in [6.45, 7) is 3.46. The lowest BCUT2D eigenvalue weighted by Gasteiger charge is -2.17. The maximum atomic E-state index is 11.9. The van der Waals surface area contributed by atoms with Gasteiger partial charge in [-0.1, -0.05) is 0 Å². The Morgan fingerprint density at radius 1 is 1.73 bits per heavy atom. The summed E-state index contributed by atoms with van der Waals surface area (Å²) in [6, 6.07) is 0. The molecule has 1 aliphatic heterocycles. The number of aliphatic hydroxyl groups excluding tert-OH is 1. The summed E-state index contributed by atoms with van der Waals surface area (Å²) in [5, 5.41) is 12.4. The van der Waals surface area contributed by atoms with Crippen molar-refractivity contribution in [1.82, 2.24) is 14.9 Å². The second kappa shape index (κ2) is 4.12. The summed E-state index contributed by atoms with van der Waals surface area (Å²) in [4.78, 5) is 16.2. The first kappa shape index (κ1) is 10.3. The van der Waals surface area contributed by atoms with Gasteiger partial charge < -0.3 is 10.4 Å². The molecule has 0 aliphatic carbocycles. The van der Waals surface area contributed by atoms with Gasteiger partial charge in [-0.2, -0.15) is 0 Å².